The van der Waals surface area contributed by atoms with Crippen molar-refractivity contribution in [3.63, 3.8) is 0 Å². The van der Waals surface area contributed by atoms with Gasteiger partial charge in [-0.05, 0) is 47.7 Å². The van der Waals surface area contributed by atoms with Crippen LogP contribution < -0.4 is 9.47 Å². The summed E-state index contributed by atoms with van der Waals surface area (Å²) < 4.78 is 15.9. The normalized spacial score (nSPS) is 10.7. The van der Waals surface area contributed by atoms with Crippen LogP contribution in [0.5, 0.6) is 11.5 Å². The number of nitrogens with zero attached hydrogens (tertiary/aromatic N) is 2. The molecule has 2 amide bonds. The molecule has 192 valence electrons. The van der Waals surface area contributed by atoms with Crippen molar-refractivity contribution in [2.45, 2.75) is 13.0 Å². The van der Waals surface area contributed by atoms with Gasteiger partial charge in [0.2, 0.25) is 5.91 Å². The average molecular weight is 531 g/mol. The van der Waals surface area contributed by atoms with E-state index in [1.807, 2.05) is 35.7 Å². The molecule has 0 saturated carbocycles. The Balaban J connectivity index is 1.78. The van der Waals surface area contributed by atoms with Crippen LogP contribution >= 0.6 is 22.9 Å². The van der Waals surface area contributed by atoms with Gasteiger partial charge in [-0.3, -0.25) is 9.59 Å². The molecule has 7 nitrogen and oxygen atoms in total. The third-order valence-corrected chi connectivity index (χ3v) is 6.87. The van der Waals surface area contributed by atoms with Crippen molar-refractivity contribution in [1.29, 1.82) is 0 Å². The summed E-state index contributed by atoms with van der Waals surface area (Å²) in [6, 6.07) is 16.5. The van der Waals surface area contributed by atoms with Crippen molar-refractivity contribution < 1.29 is 23.8 Å². The number of carbonyl (C=O) groups excluding carboxylic acids is 2. The molecular formula is C27H31ClN2O5S. The summed E-state index contributed by atoms with van der Waals surface area (Å²) >= 11 is 7.85. The minimum atomic E-state index is -0.304. The molecule has 36 heavy (non-hydrogen) atoms. The van der Waals surface area contributed by atoms with Crippen molar-refractivity contribution in [3.05, 3.63) is 81.0 Å². The van der Waals surface area contributed by atoms with Gasteiger partial charge in [0.25, 0.3) is 5.91 Å². The average Bonchev–Trinajstić information content (AvgIpc) is 3.41. The Bertz CT molecular complexity index is 1140. The van der Waals surface area contributed by atoms with Crippen LogP contribution in [0.25, 0.3) is 0 Å². The van der Waals surface area contributed by atoms with Gasteiger partial charge in [-0.1, -0.05) is 35.9 Å². The van der Waals surface area contributed by atoms with Crippen LogP contribution in [0.2, 0.25) is 5.02 Å². The maximum absolute atomic E-state index is 13.5. The van der Waals surface area contributed by atoms with E-state index >= 15 is 0 Å². The minimum Gasteiger partial charge on any atom is -0.493 e. The molecule has 0 bridgehead atoms. The molecule has 0 aliphatic carbocycles. The molecule has 9 heteroatoms. The molecule has 2 aromatic carbocycles. The fourth-order valence-corrected chi connectivity index (χ4v) is 4.64. The molecular weight excluding hydrogens is 500 g/mol. The zero-order valence-corrected chi connectivity index (χ0v) is 22.3. The van der Waals surface area contributed by atoms with Crippen LogP contribution in [0.15, 0.2) is 60.0 Å². The third-order valence-electron chi connectivity index (χ3n) is 5.68. The van der Waals surface area contributed by atoms with E-state index in [4.69, 9.17) is 25.8 Å². The van der Waals surface area contributed by atoms with Gasteiger partial charge in [-0.2, -0.15) is 0 Å². The van der Waals surface area contributed by atoms with E-state index in [0.29, 0.717) is 48.2 Å². The van der Waals surface area contributed by atoms with Gasteiger partial charge in [0.15, 0.2) is 11.5 Å². The zero-order valence-electron chi connectivity index (χ0n) is 20.7. The van der Waals surface area contributed by atoms with Crippen molar-refractivity contribution in [1.82, 2.24) is 9.80 Å². The Morgan fingerprint density at radius 3 is 2.36 bits per heavy atom. The monoisotopic (exact) mass is 530 g/mol. The van der Waals surface area contributed by atoms with Crippen molar-refractivity contribution >= 4 is 34.8 Å². The molecule has 0 spiro atoms. The minimum absolute atomic E-state index is 0.0786. The summed E-state index contributed by atoms with van der Waals surface area (Å²) in [7, 11) is 4.75. The van der Waals surface area contributed by atoms with E-state index in [9.17, 15) is 9.59 Å². The number of carbonyl (C=O) groups is 2. The number of hydrogen-bond donors (Lipinski definition) is 0. The highest BCUT2D eigenvalue weighted by Gasteiger charge is 2.24. The molecule has 0 radical (unpaired) electrons. The molecule has 0 unspecified atom stereocenters. The van der Waals surface area contributed by atoms with E-state index < -0.39 is 0 Å². The van der Waals surface area contributed by atoms with E-state index in [0.717, 1.165) is 10.4 Å². The van der Waals surface area contributed by atoms with Gasteiger partial charge in [-0.25, -0.2) is 0 Å². The van der Waals surface area contributed by atoms with Gasteiger partial charge < -0.3 is 24.0 Å². The molecule has 3 aromatic rings. The second kappa shape index (κ2) is 13.9. The zero-order chi connectivity index (χ0) is 25.9. The second-order valence-electron chi connectivity index (χ2n) is 8.03. The predicted molar refractivity (Wildman–Crippen MR) is 142 cm³/mol. The summed E-state index contributed by atoms with van der Waals surface area (Å²) in [5, 5.41) is 2.33. The Morgan fingerprint density at radius 2 is 1.69 bits per heavy atom. The molecule has 0 aliphatic heterocycles. The lowest BCUT2D eigenvalue weighted by Crippen LogP contribution is -2.44. The van der Waals surface area contributed by atoms with Gasteiger partial charge >= 0.3 is 0 Å². The number of rotatable bonds is 13. The molecule has 1 aromatic heterocycles. The second-order valence-corrected chi connectivity index (χ2v) is 9.47. The lowest BCUT2D eigenvalue weighted by atomic mass is 10.1. The van der Waals surface area contributed by atoms with Crippen LogP contribution in [-0.4, -0.2) is 69.2 Å². The Hall–Kier alpha value is -3.07. The molecule has 0 fully saturated rings. The lowest BCUT2D eigenvalue weighted by Gasteiger charge is -2.28. The van der Waals surface area contributed by atoms with Crippen molar-refractivity contribution in [3.8, 4) is 11.5 Å². The molecule has 1 heterocycles. The summed E-state index contributed by atoms with van der Waals surface area (Å²) in [5.41, 5.74) is 1.37. The van der Waals surface area contributed by atoms with E-state index in [1.165, 1.54) is 4.90 Å². The Labute approximate surface area is 221 Å². The smallest absolute Gasteiger partial charge is 0.255 e. The first-order valence-electron chi connectivity index (χ1n) is 11.5. The van der Waals surface area contributed by atoms with Crippen LogP contribution in [-0.2, 0) is 22.5 Å². The molecule has 0 N–H and O–H groups in total. The van der Waals surface area contributed by atoms with Crippen molar-refractivity contribution in [2.75, 3.05) is 47.6 Å². The number of hydrogen-bond acceptors (Lipinski definition) is 6. The first kappa shape index (κ1) is 27.5. The van der Waals surface area contributed by atoms with Gasteiger partial charge in [-0.15, -0.1) is 11.3 Å². The van der Waals surface area contributed by atoms with E-state index in [1.54, 1.807) is 61.8 Å². The number of ether oxygens (including phenoxy) is 3. The number of halogens is 1. The summed E-state index contributed by atoms with van der Waals surface area (Å²) in [4.78, 5) is 31.1. The summed E-state index contributed by atoms with van der Waals surface area (Å²) in [6.45, 7) is 1.44. The number of methoxy groups -OCH3 is 3. The van der Waals surface area contributed by atoms with E-state index in [-0.39, 0.29) is 24.9 Å². The number of benzene rings is 2. The Kier molecular flexibility index (Phi) is 10.6. The fraction of sp³-hybridized carbons (Fsp3) is 0.333. The summed E-state index contributed by atoms with van der Waals surface area (Å²) in [5.74, 6) is 0.837. The molecule has 3 rings (SSSR count). The maximum Gasteiger partial charge on any atom is 0.255 e. The number of amides is 2. The molecule has 0 aliphatic rings. The van der Waals surface area contributed by atoms with Crippen LogP contribution in [0, 0.1) is 0 Å². The first-order chi connectivity index (χ1) is 17.5. The van der Waals surface area contributed by atoms with Gasteiger partial charge in [0.05, 0.1) is 38.0 Å². The SMILES string of the molecule is COCCN(CC(=O)N(CCc1ccc(OC)c(OC)c1)Cc1cccs1)C(=O)c1ccccc1Cl. The lowest BCUT2D eigenvalue weighted by molar-refractivity contribution is -0.132. The topological polar surface area (TPSA) is 68.3 Å². The van der Waals surface area contributed by atoms with E-state index in [2.05, 4.69) is 0 Å². The van der Waals surface area contributed by atoms with Gasteiger partial charge in [0, 0.05) is 25.1 Å². The highest BCUT2D eigenvalue weighted by molar-refractivity contribution is 7.09. The maximum atomic E-state index is 13.5. The van der Waals surface area contributed by atoms with Crippen molar-refractivity contribution in [2.24, 2.45) is 0 Å². The molecule has 0 atom stereocenters. The summed E-state index contributed by atoms with van der Waals surface area (Å²) in [6.07, 6.45) is 0.619. The van der Waals surface area contributed by atoms with Crippen LogP contribution in [0.3, 0.4) is 0 Å². The first-order valence-corrected chi connectivity index (χ1v) is 12.8. The van der Waals surface area contributed by atoms with Crippen LogP contribution in [0.4, 0.5) is 0 Å². The predicted octanol–water partition coefficient (Wildman–Crippen LogP) is 4.78. The highest BCUT2D eigenvalue weighted by atomic mass is 35.5. The fourth-order valence-electron chi connectivity index (χ4n) is 3.70. The van der Waals surface area contributed by atoms with Crippen LogP contribution in [0.1, 0.15) is 20.8 Å². The molecule has 0 saturated heterocycles. The Morgan fingerprint density at radius 1 is 0.917 bits per heavy atom. The van der Waals surface area contributed by atoms with Gasteiger partial charge in [0.1, 0.15) is 6.54 Å². The quantitative estimate of drug-likeness (QED) is 0.318. The third kappa shape index (κ3) is 7.46. The largest absolute Gasteiger partial charge is 0.493 e. The highest BCUT2D eigenvalue weighted by Crippen LogP contribution is 2.28. The number of thiophene rings is 1. The standard InChI is InChI=1S/C27H31ClN2O5S/c1-33-15-14-30(27(32)22-8-4-5-9-23(22)28)19-26(31)29(18-21-7-6-16-36-21)13-12-20-10-11-24(34-2)25(17-20)35-3/h4-11,16-17H,12-15,18-19H2,1-3H3.